The molecule has 0 heterocycles. The van der Waals surface area contributed by atoms with Crippen LogP contribution in [0.1, 0.15) is 84.6 Å². The van der Waals surface area contributed by atoms with E-state index in [4.69, 9.17) is 0 Å². The number of unbranched alkanes of at least 4 members (excludes halogenated alkanes) is 4. The average molecular weight is 353 g/mol. The van der Waals surface area contributed by atoms with Gasteiger partial charge in [0, 0.05) is 0 Å². The van der Waals surface area contributed by atoms with E-state index in [1.165, 1.54) is 56.9 Å². The number of hydrogen-bond donors (Lipinski definition) is 0. The second-order valence-electron chi connectivity index (χ2n) is 7.57. The maximum absolute atomic E-state index is 2.36. The third-order valence-corrected chi connectivity index (χ3v) is 10.8. The smallest absolute Gasteiger partial charge is 0.0398 e. The van der Waals surface area contributed by atoms with E-state index in [2.05, 4.69) is 46.8 Å². The van der Waals surface area contributed by atoms with Crippen molar-refractivity contribution in [2.24, 2.45) is 0 Å². The Balaban J connectivity index is 0.000000620. The van der Waals surface area contributed by atoms with Crippen LogP contribution in [0.4, 0.5) is 0 Å². The van der Waals surface area contributed by atoms with Crippen LogP contribution in [0.15, 0.2) is 30.3 Å². The molecule has 0 aliphatic carbocycles. The van der Waals surface area contributed by atoms with E-state index in [-0.39, 0.29) is 0 Å². The molecule has 0 fully saturated rings. The summed E-state index contributed by atoms with van der Waals surface area (Å²) in [6.45, 7) is 11.5. The molecule has 0 bridgehead atoms. The number of hydrogen-bond acceptors (Lipinski definition) is 0. The van der Waals surface area contributed by atoms with Crippen molar-refractivity contribution in [2.45, 2.75) is 86.0 Å². The molecule has 0 atom stereocenters. The van der Waals surface area contributed by atoms with Gasteiger partial charge in [-0.25, -0.2) is 0 Å². The molecule has 0 amide bonds. The molecule has 0 aliphatic rings. The Kier molecular flexibility index (Phi) is 15.9. The van der Waals surface area contributed by atoms with Crippen LogP contribution in [0.25, 0.3) is 0 Å². The first kappa shape index (κ1) is 23.6. The zero-order chi connectivity index (χ0) is 18.1. The van der Waals surface area contributed by atoms with Crippen molar-refractivity contribution in [3.05, 3.63) is 35.9 Å². The van der Waals surface area contributed by atoms with Gasteiger partial charge in [-0.2, -0.15) is 0 Å². The van der Waals surface area contributed by atoms with E-state index in [9.17, 15) is 0 Å². The van der Waals surface area contributed by atoms with Gasteiger partial charge < -0.3 is 0 Å². The molecular formula is C23H45P. The minimum atomic E-state index is -0.879. The van der Waals surface area contributed by atoms with Crippen molar-refractivity contribution in [1.29, 1.82) is 0 Å². The zero-order valence-corrected chi connectivity index (χ0v) is 18.4. The van der Waals surface area contributed by atoms with Crippen molar-refractivity contribution >= 4 is 7.26 Å². The van der Waals surface area contributed by atoms with Crippen LogP contribution in [-0.4, -0.2) is 24.6 Å². The third-order valence-electron chi connectivity index (χ3n) is 5.18. The summed E-state index contributed by atoms with van der Waals surface area (Å²) in [6.07, 6.45) is 18.1. The summed E-state index contributed by atoms with van der Waals surface area (Å²) < 4.78 is 0. The minimum Gasteiger partial charge on any atom is -0.0622 e. The van der Waals surface area contributed by atoms with E-state index in [1.54, 1.807) is 24.6 Å². The van der Waals surface area contributed by atoms with Gasteiger partial charge in [0.15, 0.2) is 0 Å². The van der Waals surface area contributed by atoms with Gasteiger partial charge in [0.1, 0.15) is 0 Å². The summed E-state index contributed by atoms with van der Waals surface area (Å²) in [5, 5.41) is 0. The third kappa shape index (κ3) is 12.1. The molecule has 1 aromatic carbocycles. The van der Waals surface area contributed by atoms with E-state index in [0.717, 1.165) is 0 Å². The summed E-state index contributed by atoms with van der Waals surface area (Å²) in [6, 6.07) is 10.3. The summed E-state index contributed by atoms with van der Waals surface area (Å²) >= 11 is 0. The van der Waals surface area contributed by atoms with E-state index >= 15 is 0 Å². The molecule has 142 valence electrons. The van der Waals surface area contributed by atoms with Gasteiger partial charge in [-0.1, -0.05) is 35.9 Å². The van der Waals surface area contributed by atoms with Crippen LogP contribution < -0.4 is 0 Å². The normalized spacial score (nSPS) is 11.7. The van der Waals surface area contributed by atoms with Crippen LogP contribution in [0, 0.1) is 6.92 Å². The van der Waals surface area contributed by atoms with Gasteiger partial charge >= 0.3 is 111 Å². The van der Waals surface area contributed by atoms with E-state index in [0.29, 0.717) is 0 Å². The van der Waals surface area contributed by atoms with Crippen LogP contribution in [0.3, 0.4) is 0 Å². The topological polar surface area (TPSA) is 0 Å². The standard InChI is InChI=1S/C16H37P.C7H8/c1-5-9-13-17(14-10-6-2,15-11-7-3)16-12-8-4;1-7-5-3-2-4-6-7/h17H,5-16H2,1-4H3;2-6H,1H3. The summed E-state index contributed by atoms with van der Waals surface area (Å²) in [7, 11) is -0.879. The number of aryl methyl sites for hydroxylation is 1. The molecule has 0 aliphatic heterocycles. The Labute approximate surface area is 154 Å². The average Bonchev–Trinajstić information content (AvgIpc) is 2.62. The van der Waals surface area contributed by atoms with Crippen molar-refractivity contribution in [2.75, 3.05) is 24.6 Å². The molecular weight excluding hydrogens is 307 g/mol. The predicted octanol–water partition coefficient (Wildman–Crippen LogP) is 7.93. The van der Waals surface area contributed by atoms with E-state index < -0.39 is 7.26 Å². The number of rotatable bonds is 12. The molecule has 0 nitrogen and oxygen atoms in total. The summed E-state index contributed by atoms with van der Waals surface area (Å²) in [5.74, 6) is 0. The molecule has 0 radical (unpaired) electrons. The molecule has 0 saturated carbocycles. The molecule has 0 spiro atoms. The molecule has 1 rings (SSSR count). The van der Waals surface area contributed by atoms with Crippen LogP contribution >= 0.6 is 7.26 Å². The Bertz CT molecular complexity index is 320. The monoisotopic (exact) mass is 352 g/mol. The first-order chi connectivity index (χ1) is 11.6. The summed E-state index contributed by atoms with van der Waals surface area (Å²) in [5.41, 5.74) is 1.32. The first-order valence-corrected chi connectivity index (χ1v) is 13.5. The largest absolute Gasteiger partial charge is 0.0622 e. The Morgan fingerprint density at radius 1 is 0.583 bits per heavy atom. The Morgan fingerprint density at radius 3 is 1.12 bits per heavy atom. The van der Waals surface area contributed by atoms with Gasteiger partial charge in [-0.15, -0.1) is 0 Å². The second kappa shape index (κ2) is 16.1. The van der Waals surface area contributed by atoms with Crippen LogP contribution in [-0.2, 0) is 0 Å². The molecule has 0 N–H and O–H groups in total. The van der Waals surface area contributed by atoms with Crippen molar-refractivity contribution in [1.82, 2.24) is 0 Å². The minimum absolute atomic E-state index is 0.879. The molecule has 24 heavy (non-hydrogen) atoms. The molecule has 0 aromatic heterocycles. The van der Waals surface area contributed by atoms with Gasteiger partial charge in [0.2, 0.25) is 0 Å². The number of benzene rings is 1. The van der Waals surface area contributed by atoms with Gasteiger partial charge in [0.05, 0.1) is 0 Å². The fourth-order valence-electron chi connectivity index (χ4n) is 3.49. The van der Waals surface area contributed by atoms with Gasteiger partial charge in [0.25, 0.3) is 0 Å². The Hall–Kier alpha value is -0.350. The van der Waals surface area contributed by atoms with E-state index in [1.807, 2.05) is 18.2 Å². The predicted molar refractivity (Wildman–Crippen MR) is 119 cm³/mol. The first-order valence-electron chi connectivity index (χ1n) is 10.7. The second-order valence-corrected chi connectivity index (χ2v) is 12.6. The molecule has 0 unspecified atom stereocenters. The van der Waals surface area contributed by atoms with Crippen molar-refractivity contribution in [3.63, 3.8) is 0 Å². The fourth-order valence-corrected chi connectivity index (χ4v) is 9.41. The molecule has 1 heteroatoms. The molecule has 1 aromatic rings. The van der Waals surface area contributed by atoms with Crippen LogP contribution in [0.2, 0.25) is 0 Å². The van der Waals surface area contributed by atoms with Crippen LogP contribution in [0.5, 0.6) is 0 Å². The van der Waals surface area contributed by atoms with Crippen molar-refractivity contribution < 1.29 is 0 Å². The fraction of sp³-hybridized carbons (Fsp3) is 0.739. The zero-order valence-electron chi connectivity index (χ0n) is 17.4. The summed E-state index contributed by atoms with van der Waals surface area (Å²) in [4.78, 5) is 0. The molecule has 0 saturated heterocycles. The SMILES string of the molecule is CCCC[PH](CCCC)(CCCC)CCCC.Cc1ccccc1. The van der Waals surface area contributed by atoms with Gasteiger partial charge in [-0.3, -0.25) is 0 Å². The van der Waals surface area contributed by atoms with Gasteiger partial charge in [-0.05, 0) is 6.92 Å². The Morgan fingerprint density at radius 2 is 0.917 bits per heavy atom. The maximum atomic E-state index is 2.36. The maximum Gasteiger partial charge on any atom is -0.0398 e. The van der Waals surface area contributed by atoms with Crippen molar-refractivity contribution in [3.8, 4) is 0 Å². The quantitative estimate of drug-likeness (QED) is 0.335.